The molecule has 2 aromatic rings. The van der Waals surface area contributed by atoms with E-state index in [9.17, 15) is 9.59 Å². The minimum Gasteiger partial charge on any atom is -0.477 e. The molecular formula is C14H14N2O3S. The molecule has 0 fully saturated rings. The Kier molecular flexibility index (Phi) is 4.05. The summed E-state index contributed by atoms with van der Waals surface area (Å²) in [5.41, 5.74) is 7.35. The van der Waals surface area contributed by atoms with Gasteiger partial charge in [-0.05, 0) is 36.8 Å². The van der Waals surface area contributed by atoms with Crippen LogP contribution in [0.15, 0.2) is 30.3 Å². The van der Waals surface area contributed by atoms with E-state index in [4.69, 9.17) is 10.8 Å². The standard InChI is InChI=1S/C14H14N2O3S/c1-8-10(6-12(20-8)14(18)19)7-16-11-4-2-3-9(5-11)13(15)17/h2-6,16H,7H2,1H3,(H2,15,17)(H,18,19). The van der Waals surface area contributed by atoms with Crippen LogP contribution in [0.4, 0.5) is 5.69 Å². The monoisotopic (exact) mass is 290 g/mol. The van der Waals surface area contributed by atoms with Gasteiger partial charge in [-0.2, -0.15) is 0 Å². The van der Waals surface area contributed by atoms with Gasteiger partial charge in [0.2, 0.25) is 5.91 Å². The zero-order valence-corrected chi connectivity index (χ0v) is 11.7. The first-order valence-corrected chi connectivity index (χ1v) is 6.75. The number of carboxylic acid groups (broad SMARTS) is 1. The maximum atomic E-state index is 11.1. The third-order valence-corrected chi connectivity index (χ3v) is 3.94. The number of rotatable bonds is 5. The molecule has 0 saturated heterocycles. The summed E-state index contributed by atoms with van der Waals surface area (Å²) in [5, 5.41) is 12.1. The normalized spacial score (nSPS) is 10.2. The first kappa shape index (κ1) is 14.1. The van der Waals surface area contributed by atoms with Gasteiger partial charge in [-0.3, -0.25) is 4.79 Å². The van der Waals surface area contributed by atoms with Crippen molar-refractivity contribution in [2.75, 3.05) is 5.32 Å². The fourth-order valence-corrected chi connectivity index (χ4v) is 2.66. The van der Waals surface area contributed by atoms with Crippen LogP contribution in [-0.2, 0) is 6.54 Å². The van der Waals surface area contributed by atoms with Crippen LogP contribution in [0.2, 0.25) is 0 Å². The highest BCUT2D eigenvalue weighted by Crippen LogP contribution is 2.22. The molecule has 5 nitrogen and oxygen atoms in total. The van der Waals surface area contributed by atoms with E-state index in [1.165, 1.54) is 11.3 Å². The van der Waals surface area contributed by atoms with E-state index in [1.807, 2.05) is 13.0 Å². The molecule has 4 N–H and O–H groups in total. The Hall–Kier alpha value is -2.34. The quantitative estimate of drug-likeness (QED) is 0.788. The van der Waals surface area contributed by atoms with Gasteiger partial charge in [0.25, 0.3) is 0 Å². The summed E-state index contributed by atoms with van der Waals surface area (Å²) in [6, 6.07) is 8.54. The molecule has 104 valence electrons. The van der Waals surface area contributed by atoms with Gasteiger partial charge in [-0.1, -0.05) is 6.07 Å². The van der Waals surface area contributed by atoms with Gasteiger partial charge in [0, 0.05) is 22.7 Å². The predicted molar refractivity (Wildman–Crippen MR) is 78.3 cm³/mol. The zero-order chi connectivity index (χ0) is 14.7. The van der Waals surface area contributed by atoms with Crippen molar-refractivity contribution in [2.24, 2.45) is 5.73 Å². The number of hydrogen-bond acceptors (Lipinski definition) is 4. The molecule has 0 aliphatic carbocycles. The molecule has 0 atom stereocenters. The number of benzene rings is 1. The van der Waals surface area contributed by atoms with Gasteiger partial charge in [0.15, 0.2) is 0 Å². The summed E-state index contributed by atoms with van der Waals surface area (Å²) < 4.78 is 0. The number of thiophene rings is 1. The maximum absolute atomic E-state index is 11.1. The zero-order valence-electron chi connectivity index (χ0n) is 10.8. The largest absolute Gasteiger partial charge is 0.477 e. The van der Waals surface area contributed by atoms with Crippen molar-refractivity contribution in [3.63, 3.8) is 0 Å². The van der Waals surface area contributed by atoms with Crippen LogP contribution in [0.1, 0.15) is 30.5 Å². The molecular weight excluding hydrogens is 276 g/mol. The second kappa shape index (κ2) is 5.75. The Morgan fingerprint density at radius 1 is 1.35 bits per heavy atom. The lowest BCUT2D eigenvalue weighted by Gasteiger charge is -2.07. The number of nitrogens with one attached hydrogen (secondary N) is 1. The van der Waals surface area contributed by atoms with Crippen LogP contribution in [0.5, 0.6) is 0 Å². The predicted octanol–water partition coefficient (Wildman–Crippen LogP) is 2.47. The Bertz CT molecular complexity index is 664. The van der Waals surface area contributed by atoms with E-state index >= 15 is 0 Å². The van der Waals surface area contributed by atoms with E-state index in [2.05, 4.69) is 5.32 Å². The van der Waals surface area contributed by atoms with Gasteiger partial charge in [0.05, 0.1) is 0 Å². The second-order valence-electron chi connectivity index (χ2n) is 4.30. The molecule has 2 rings (SSSR count). The van der Waals surface area contributed by atoms with Gasteiger partial charge in [-0.15, -0.1) is 11.3 Å². The summed E-state index contributed by atoms with van der Waals surface area (Å²) in [7, 11) is 0. The van der Waals surface area contributed by atoms with Crippen molar-refractivity contribution in [1.29, 1.82) is 0 Å². The highest BCUT2D eigenvalue weighted by atomic mass is 32.1. The fourth-order valence-electron chi connectivity index (χ4n) is 1.78. The summed E-state index contributed by atoms with van der Waals surface area (Å²) in [4.78, 5) is 23.3. The number of carbonyl (C=O) groups excluding carboxylic acids is 1. The van der Waals surface area contributed by atoms with Gasteiger partial charge in [0.1, 0.15) is 4.88 Å². The molecule has 1 heterocycles. The topological polar surface area (TPSA) is 92.4 Å². The third kappa shape index (κ3) is 3.16. The van der Waals surface area contributed by atoms with Crippen molar-refractivity contribution < 1.29 is 14.7 Å². The van der Waals surface area contributed by atoms with Crippen molar-refractivity contribution in [2.45, 2.75) is 13.5 Å². The van der Waals surface area contributed by atoms with Crippen LogP contribution in [-0.4, -0.2) is 17.0 Å². The molecule has 0 bridgehead atoms. The molecule has 1 aromatic carbocycles. The van der Waals surface area contributed by atoms with E-state index in [0.717, 1.165) is 16.1 Å². The summed E-state index contributed by atoms with van der Waals surface area (Å²) in [6.07, 6.45) is 0. The highest BCUT2D eigenvalue weighted by molar-refractivity contribution is 7.14. The lowest BCUT2D eigenvalue weighted by molar-refractivity contribution is 0.0702. The number of hydrogen-bond donors (Lipinski definition) is 3. The first-order chi connectivity index (χ1) is 9.47. The average molecular weight is 290 g/mol. The maximum Gasteiger partial charge on any atom is 0.345 e. The fraction of sp³-hybridized carbons (Fsp3) is 0.143. The van der Waals surface area contributed by atoms with Gasteiger partial charge < -0.3 is 16.2 Å². The Balaban J connectivity index is 2.10. The summed E-state index contributed by atoms with van der Waals surface area (Å²) >= 11 is 1.25. The number of nitrogens with two attached hydrogens (primary N) is 1. The van der Waals surface area contributed by atoms with Crippen LogP contribution >= 0.6 is 11.3 Å². The van der Waals surface area contributed by atoms with E-state index in [1.54, 1.807) is 24.3 Å². The minimum absolute atomic E-state index is 0.324. The number of anilines is 1. The van der Waals surface area contributed by atoms with Crippen LogP contribution < -0.4 is 11.1 Å². The number of aryl methyl sites for hydroxylation is 1. The summed E-state index contributed by atoms with van der Waals surface area (Å²) in [6.45, 7) is 2.38. The molecule has 0 radical (unpaired) electrons. The number of primary amides is 1. The number of carboxylic acids is 1. The molecule has 6 heteroatoms. The SMILES string of the molecule is Cc1sc(C(=O)O)cc1CNc1cccc(C(N)=O)c1. The molecule has 1 amide bonds. The van der Waals surface area contributed by atoms with Crippen molar-refractivity contribution in [3.8, 4) is 0 Å². The molecule has 0 aliphatic heterocycles. The molecule has 0 unspecified atom stereocenters. The first-order valence-electron chi connectivity index (χ1n) is 5.93. The van der Waals surface area contributed by atoms with Gasteiger partial charge >= 0.3 is 5.97 Å². The molecule has 0 aliphatic rings. The van der Waals surface area contributed by atoms with Gasteiger partial charge in [-0.25, -0.2) is 4.79 Å². The Morgan fingerprint density at radius 3 is 2.70 bits per heavy atom. The highest BCUT2D eigenvalue weighted by Gasteiger charge is 2.10. The number of amides is 1. The lowest BCUT2D eigenvalue weighted by atomic mass is 10.2. The molecule has 1 aromatic heterocycles. The van der Waals surface area contributed by atoms with E-state index < -0.39 is 11.9 Å². The number of aromatic carboxylic acids is 1. The summed E-state index contributed by atoms with van der Waals surface area (Å²) in [5.74, 6) is -1.39. The average Bonchev–Trinajstić information content (AvgIpc) is 2.78. The molecule has 20 heavy (non-hydrogen) atoms. The second-order valence-corrected chi connectivity index (χ2v) is 5.55. The third-order valence-electron chi connectivity index (χ3n) is 2.86. The number of carbonyl (C=O) groups is 2. The van der Waals surface area contributed by atoms with Crippen molar-refractivity contribution >= 4 is 28.9 Å². The minimum atomic E-state index is -0.917. The van der Waals surface area contributed by atoms with Crippen LogP contribution in [0.3, 0.4) is 0 Å². The van der Waals surface area contributed by atoms with Crippen molar-refractivity contribution in [3.05, 3.63) is 51.2 Å². The van der Waals surface area contributed by atoms with Crippen molar-refractivity contribution in [1.82, 2.24) is 0 Å². The smallest absolute Gasteiger partial charge is 0.345 e. The Labute approximate surface area is 120 Å². The lowest BCUT2D eigenvalue weighted by Crippen LogP contribution is -2.11. The molecule has 0 spiro atoms. The van der Waals surface area contributed by atoms with Crippen LogP contribution in [0, 0.1) is 6.92 Å². The van der Waals surface area contributed by atoms with E-state index in [-0.39, 0.29) is 0 Å². The van der Waals surface area contributed by atoms with Crippen LogP contribution in [0.25, 0.3) is 0 Å². The molecule has 0 saturated carbocycles. The van der Waals surface area contributed by atoms with E-state index in [0.29, 0.717) is 17.0 Å². The Morgan fingerprint density at radius 2 is 2.10 bits per heavy atom.